The summed E-state index contributed by atoms with van der Waals surface area (Å²) in [6.07, 6.45) is 0. The molecule has 12 heavy (non-hydrogen) atoms. The Balaban J connectivity index is 2.58. The van der Waals surface area contributed by atoms with Crippen molar-refractivity contribution in [1.29, 1.82) is 0 Å². The molecular weight excluding hydrogens is 168 g/mol. The smallest absolute Gasteiger partial charge is 0.166 e. The molecule has 0 saturated heterocycles. The number of benzene rings is 1. The number of hydrogen-bond donors (Lipinski definition) is 1. The fourth-order valence-corrected chi connectivity index (χ4v) is 0.946. The molecule has 0 heterocycles. The first-order chi connectivity index (χ1) is 5.70. The van der Waals surface area contributed by atoms with Gasteiger partial charge in [-0.2, -0.15) is 0 Å². The molecule has 0 fully saturated rings. The van der Waals surface area contributed by atoms with Crippen molar-refractivity contribution in [2.24, 2.45) is 5.73 Å². The summed E-state index contributed by atoms with van der Waals surface area (Å²) in [4.78, 5) is 1.59. The van der Waals surface area contributed by atoms with E-state index in [0.29, 0.717) is 11.7 Å². The molecule has 0 bridgehead atoms. The molecule has 0 unspecified atom stereocenters. The van der Waals surface area contributed by atoms with Crippen molar-refractivity contribution in [3.05, 3.63) is 42.9 Å². The van der Waals surface area contributed by atoms with E-state index in [4.69, 9.17) is 18.0 Å². The van der Waals surface area contributed by atoms with Crippen molar-refractivity contribution in [3.63, 3.8) is 0 Å². The van der Waals surface area contributed by atoms with Gasteiger partial charge < -0.3 is 10.6 Å². The fourth-order valence-electron chi connectivity index (χ4n) is 0.882. The zero-order valence-corrected chi connectivity index (χ0v) is 7.55. The van der Waals surface area contributed by atoms with Crippen molar-refractivity contribution in [1.82, 2.24) is 4.90 Å². The normalized spacial score (nSPS) is 9.42. The number of hydrogen-bond acceptors (Lipinski definition) is 1. The summed E-state index contributed by atoms with van der Waals surface area (Å²) in [5.74, 6) is 0. The van der Waals surface area contributed by atoms with E-state index >= 15 is 0 Å². The molecule has 1 radical (unpaired) electrons. The summed E-state index contributed by atoms with van der Waals surface area (Å²) in [7, 11) is 3.70. The van der Waals surface area contributed by atoms with Gasteiger partial charge in [-0.1, -0.05) is 30.3 Å². The summed E-state index contributed by atoms with van der Waals surface area (Å²) in [5.41, 5.74) is 6.53. The first-order valence-corrected chi connectivity index (χ1v) is 4.02. The van der Waals surface area contributed by atoms with E-state index < -0.39 is 0 Å². The Morgan fingerprint density at radius 3 is 2.50 bits per heavy atom. The lowest BCUT2D eigenvalue weighted by atomic mass is 10.2. The maximum atomic E-state index is 5.38. The van der Waals surface area contributed by atoms with E-state index in [1.807, 2.05) is 30.3 Å². The van der Waals surface area contributed by atoms with Crippen LogP contribution in [-0.4, -0.2) is 10.0 Å². The van der Waals surface area contributed by atoms with Gasteiger partial charge in [0.2, 0.25) is 0 Å². The molecule has 1 aromatic rings. The second-order valence-electron chi connectivity index (χ2n) is 2.52. The maximum Gasteiger partial charge on any atom is 0.166 e. The van der Waals surface area contributed by atoms with E-state index in [1.165, 1.54) is 0 Å². The number of nitrogens with zero attached hydrogens (tertiary/aromatic N) is 1. The van der Waals surface area contributed by atoms with Crippen LogP contribution in [0, 0.1) is 7.05 Å². The van der Waals surface area contributed by atoms with Crippen LogP contribution >= 0.6 is 12.2 Å². The molecule has 0 aliphatic carbocycles. The zero-order valence-electron chi connectivity index (χ0n) is 6.73. The van der Waals surface area contributed by atoms with Crippen LogP contribution in [0.15, 0.2) is 30.3 Å². The van der Waals surface area contributed by atoms with E-state index in [1.54, 1.807) is 4.90 Å². The highest BCUT2D eigenvalue weighted by Gasteiger charge is 1.99. The highest BCUT2D eigenvalue weighted by Crippen LogP contribution is 2.02. The zero-order chi connectivity index (χ0) is 8.97. The maximum absolute atomic E-state index is 5.38. The van der Waals surface area contributed by atoms with Gasteiger partial charge in [-0.3, -0.25) is 0 Å². The molecule has 1 rings (SSSR count). The van der Waals surface area contributed by atoms with Crippen molar-refractivity contribution in [2.75, 3.05) is 0 Å². The molecule has 2 N–H and O–H groups in total. The topological polar surface area (TPSA) is 29.3 Å². The first kappa shape index (κ1) is 9.00. The summed E-state index contributed by atoms with van der Waals surface area (Å²) in [6, 6.07) is 9.94. The Morgan fingerprint density at radius 2 is 2.00 bits per heavy atom. The molecule has 0 aromatic heterocycles. The van der Waals surface area contributed by atoms with Crippen LogP contribution in [0.25, 0.3) is 0 Å². The molecule has 0 saturated carbocycles. The van der Waals surface area contributed by atoms with E-state index in [2.05, 4.69) is 7.05 Å². The minimum absolute atomic E-state index is 0.318. The Morgan fingerprint density at radius 1 is 1.42 bits per heavy atom. The minimum atomic E-state index is 0.318. The van der Waals surface area contributed by atoms with Gasteiger partial charge in [0.05, 0.1) is 0 Å². The lowest BCUT2D eigenvalue weighted by Gasteiger charge is -2.15. The van der Waals surface area contributed by atoms with E-state index in [0.717, 1.165) is 5.56 Å². The summed E-state index contributed by atoms with van der Waals surface area (Å²) >= 11 is 4.76. The van der Waals surface area contributed by atoms with Crippen LogP contribution in [-0.2, 0) is 6.54 Å². The second kappa shape index (κ2) is 4.07. The SMILES string of the molecule is [CH2]N(Cc1ccccc1)C(N)=S. The van der Waals surface area contributed by atoms with E-state index in [-0.39, 0.29) is 0 Å². The fraction of sp³-hybridized carbons (Fsp3) is 0.111. The molecule has 0 aliphatic heterocycles. The third-order valence-corrected chi connectivity index (χ3v) is 1.79. The van der Waals surface area contributed by atoms with Crippen LogP contribution < -0.4 is 5.73 Å². The summed E-state index contributed by atoms with van der Waals surface area (Å²) in [6.45, 7) is 0.663. The van der Waals surface area contributed by atoms with Gasteiger partial charge in [-0.15, -0.1) is 0 Å². The van der Waals surface area contributed by atoms with Crippen LogP contribution in [0.1, 0.15) is 5.56 Å². The third-order valence-electron chi connectivity index (χ3n) is 1.53. The average Bonchev–Trinajstić information content (AvgIpc) is 2.06. The van der Waals surface area contributed by atoms with Crippen molar-refractivity contribution < 1.29 is 0 Å². The molecular formula is C9H11N2S. The van der Waals surface area contributed by atoms with Crippen LogP contribution in [0.3, 0.4) is 0 Å². The summed E-state index contributed by atoms with van der Waals surface area (Å²) < 4.78 is 0. The molecule has 0 amide bonds. The van der Waals surface area contributed by atoms with Crippen molar-refractivity contribution in [2.45, 2.75) is 6.54 Å². The first-order valence-electron chi connectivity index (χ1n) is 3.61. The van der Waals surface area contributed by atoms with Gasteiger partial charge in [0.1, 0.15) is 0 Å². The van der Waals surface area contributed by atoms with Gasteiger partial charge in [0.15, 0.2) is 5.11 Å². The van der Waals surface area contributed by atoms with Crippen LogP contribution in [0.2, 0.25) is 0 Å². The number of thiocarbonyl (C=S) groups is 1. The van der Waals surface area contributed by atoms with Gasteiger partial charge in [-0.25, -0.2) is 0 Å². The Hall–Kier alpha value is -1.09. The molecule has 1 aromatic carbocycles. The van der Waals surface area contributed by atoms with E-state index in [9.17, 15) is 0 Å². The predicted molar refractivity (Wildman–Crippen MR) is 54.1 cm³/mol. The van der Waals surface area contributed by atoms with Gasteiger partial charge >= 0.3 is 0 Å². The van der Waals surface area contributed by atoms with Gasteiger partial charge in [0.25, 0.3) is 0 Å². The standard InChI is InChI=1S/C9H11N2S/c1-11(9(10)12)7-8-5-3-2-4-6-8/h2-6H,1,7H2,(H2,10,12). The number of nitrogens with two attached hydrogens (primary N) is 1. The third kappa shape index (κ3) is 2.51. The molecule has 0 atom stereocenters. The molecule has 0 aliphatic rings. The lowest BCUT2D eigenvalue weighted by Crippen LogP contribution is -2.29. The second-order valence-corrected chi connectivity index (χ2v) is 2.94. The Labute approximate surface area is 78.0 Å². The average molecular weight is 179 g/mol. The quantitative estimate of drug-likeness (QED) is 0.698. The predicted octanol–water partition coefficient (Wildman–Crippen LogP) is 1.52. The highest BCUT2D eigenvalue weighted by molar-refractivity contribution is 7.80. The Bertz CT molecular complexity index is 258. The molecule has 2 nitrogen and oxygen atoms in total. The minimum Gasteiger partial charge on any atom is -0.376 e. The molecule has 0 spiro atoms. The van der Waals surface area contributed by atoms with Crippen LogP contribution in [0.4, 0.5) is 0 Å². The largest absolute Gasteiger partial charge is 0.376 e. The highest BCUT2D eigenvalue weighted by atomic mass is 32.1. The Kier molecular flexibility index (Phi) is 3.05. The van der Waals surface area contributed by atoms with Crippen LogP contribution in [0.5, 0.6) is 0 Å². The number of rotatable bonds is 2. The summed E-state index contributed by atoms with van der Waals surface area (Å²) in [5, 5.41) is 0.318. The molecule has 3 heteroatoms. The van der Waals surface area contributed by atoms with Gasteiger partial charge in [0, 0.05) is 13.6 Å². The molecule has 63 valence electrons. The van der Waals surface area contributed by atoms with Crippen molar-refractivity contribution in [3.8, 4) is 0 Å². The monoisotopic (exact) mass is 179 g/mol. The van der Waals surface area contributed by atoms with Crippen molar-refractivity contribution >= 4 is 17.3 Å². The van der Waals surface area contributed by atoms with Gasteiger partial charge in [-0.05, 0) is 17.8 Å². The lowest BCUT2D eigenvalue weighted by molar-refractivity contribution is 0.550.